The standard InChI is InChI=1S/C17H23NO2S/c1-12-10-11-15(14-9-7-6-8-13(12)14)16(18-4)17(2,3)21(5,19)20/h6-11,16,18H,1-5H3. The van der Waals surface area contributed by atoms with Gasteiger partial charge in [-0.1, -0.05) is 36.4 Å². The van der Waals surface area contributed by atoms with Gasteiger partial charge in [0.25, 0.3) is 0 Å². The highest BCUT2D eigenvalue weighted by molar-refractivity contribution is 7.92. The summed E-state index contributed by atoms with van der Waals surface area (Å²) in [6, 6.07) is 12.0. The zero-order valence-electron chi connectivity index (χ0n) is 13.3. The Morgan fingerprint density at radius 2 is 1.62 bits per heavy atom. The van der Waals surface area contributed by atoms with E-state index in [2.05, 4.69) is 30.4 Å². The molecule has 0 aromatic heterocycles. The number of fused-ring (bicyclic) bond motifs is 1. The minimum absolute atomic E-state index is 0.266. The second kappa shape index (κ2) is 5.43. The summed E-state index contributed by atoms with van der Waals surface area (Å²) < 4.78 is 23.5. The molecule has 0 spiro atoms. The first-order valence-electron chi connectivity index (χ1n) is 7.05. The van der Waals surface area contributed by atoms with Crippen LogP contribution in [0.1, 0.15) is 31.0 Å². The molecule has 2 aromatic rings. The minimum Gasteiger partial charge on any atom is -0.312 e. The third-order valence-electron chi connectivity index (χ3n) is 4.43. The Morgan fingerprint density at radius 3 is 2.14 bits per heavy atom. The topological polar surface area (TPSA) is 46.2 Å². The highest BCUT2D eigenvalue weighted by Gasteiger charge is 2.39. The molecule has 0 aliphatic carbocycles. The van der Waals surface area contributed by atoms with Gasteiger partial charge in [0.1, 0.15) is 0 Å². The van der Waals surface area contributed by atoms with E-state index in [9.17, 15) is 8.42 Å². The van der Waals surface area contributed by atoms with Gasteiger partial charge in [0.2, 0.25) is 0 Å². The number of sulfone groups is 1. The highest BCUT2D eigenvalue weighted by atomic mass is 32.2. The van der Waals surface area contributed by atoms with E-state index < -0.39 is 14.6 Å². The number of benzene rings is 2. The molecule has 1 unspecified atom stereocenters. The summed E-state index contributed by atoms with van der Waals surface area (Å²) in [5.41, 5.74) is 2.22. The average Bonchev–Trinajstić information content (AvgIpc) is 2.41. The lowest BCUT2D eigenvalue weighted by atomic mass is 9.89. The molecule has 0 saturated carbocycles. The van der Waals surface area contributed by atoms with Gasteiger partial charge < -0.3 is 5.32 Å². The van der Waals surface area contributed by atoms with Crippen LogP contribution in [0.3, 0.4) is 0 Å². The van der Waals surface area contributed by atoms with Crippen molar-refractivity contribution in [2.24, 2.45) is 0 Å². The molecule has 0 bridgehead atoms. The third-order valence-corrected chi connectivity index (χ3v) is 6.57. The predicted octanol–water partition coefficient (Wildman–Crippen LogP) is 3.23. The summed E-state index contributed by atoms with van der Waals surface area (Å²) in [7, 11) is -1.39. The highest BCUT2D eigenvalue weighted by Crippen LogP contribution is 2.36. The summed E-state index contributed by atoms with van der Waals surface area (Å²) in [6.45, 7) is 5.62. The van der Waals surface area contributed by atoms with Gasteiger partial charge in [-0.05, 0) is 49.7 Å². The zero-order chi connectivity index (χ0) is 15.8. The van der Waals surface area contributed by atoms with Crippen molar-refractivity contribution in [2.75, 3.05) is 13.3 Å². The van der Waals surface area contributed by atoms with E-state index in [0.29, 0.717) is 0 Å². The Morgan fingerprint density at radius 1 is 1.05 bits per heavy atom. The molecule has 0 amide bonds. The summed E-state index contributed by atoms with van der Waals surface area (Å²) >= 11 is 0. The second-order valence-electron chi connectivity index (χ2n) is 6.11. The Kier molecular flexibility index (Phi) is 4.13. The lowest BCUT2D eigenvalue weighted by Gasteiger charge is -2.33. The van der Waals surface area contributed by atoms with Gasteiger partial charge in [-0.3, -0.25) is 0 Å². The van der Waals surface area contributed by atoms with Crippen LogP contribution < -0.4 is 5.32 Å². The molecule has 0 aliphatic rings. The van der Waals surface area contributed by atoms with Crippen LogP contribution in [0.4, 0.5) is 0 Å². The van der Waals surface area contributed by atoms with Crippen LogP contribution in [-0.4, -0.2) is 26.5 Å². The Labute approximate surface area is 127 Å². The van der Waals surface area contributed by atoms with E-state index in [0.717, 1.165) is 10.9 Å². The fourth-order valence-corrected chi connectivity index (χ4v) is 3.49. The lowest BCUT2D eigenvalue weighted by molar-refractivity contribution is 0.448. The van der Waals surface area contributed by atoms with Crippen molar-refractivity contribution in [1.82, 2.24) is 5.32 Å². The Hall–Kier alpha value is -1.39. The molecule has 114 valence electrons. The maximum Gasteiger partial charge on any atom is 0.154 e. The van der Waals surface area contributed by atoms with Crippen molar-refractivity contribution in [3.05, 3.63) is 47.5 Å². The molecule has 0 saturated heterocycles. The van der Waals surface area contributed by atoms with Crippen molar-refractivity contribution in [1.29, 1.82) is 0 Å². The maximum absolute atomic E-state index is 12.2. The van der Waals surface area contributed by atoms with Crippen LogP contribution in [0, 0.1) is 6.92 Å². The quantitative estimate of drug-likeness (QED) is 0.943. The molecule has 0 aliphatic heterocycles. The van der Waals surface area contributed by atoms with Gasteiger partial charge in [0.15, 0.2) is 9.84 Å². The normalized spacial score (nSPS) is 14.3. The molecule has 2 rings (SSSR count). The Bertz CT molecular complexity index is 763. The van der Waals surface area contributed by atoms with Crippen LogP contribution in [0.15, 0.2) is 36.4 Å². The number of rotatable bonds is 4. The van der Waals surface area contributed by atoms with E-state index in [1.807, 2.05) is 25.2 Å². The summed E-state index contributed by atoms with van der Waals surface area (Å²) in [4.78, 5) is 0. The minimum atomic E-state index is -3.20. The van der Waals surface area contributed by atoms with Gasteiger partial charge in [0, 0.05) is 6.26 Å². The molecule has 4 heteroatoms. The molecule has 2 aromatic carbocycles. The largest absolute Gasteiger partial charge is 0.312 e. The van der Waals surface area contributed by atoms with Crippen LogP contribution in [0.2, 0.25) is 0 Å². The molecule has 21 heavy (non-hydrogen) atoms. The second-order valence-corrected chi connectivity index (χ2v) is 8.71. The summed E-state index contributed by atoms with van der Waals surface area (Å²) in [5, 5.41) is 5.47. The van der Waals surface area contributed by atoms with Gasteiger partial charge in [-0.25, -0.2) is 8.42 Å². The molecule has 0 fully saturated rings. The van der Waals surface area contributed by atoms with E-state index >= 15 is 0 Å². The number of hydrogen-bond acceptors (Lipinski definition) is 3. The van der Waals surface area contributed by atoms with Crippen LogP contribution in [-0.2, 0) is 9.84 Å². The molecule has 0 heterocycles. The van der Waals surface area contributed by atoms with Gasteiger partial charge >= 0.3 is 0 Å². The first-order valence-corrected chi connectivity index (χ1v) is 8.94. The van der Waals surface area contributed by atoms with E-state index in [-0.39, 0.29) is 6.04 Å². The number of aryl methyl sites for hydroxylation is 1. The monoisotopic (exact) mass is 305 g/mol. The van der Waals surface area contributed by atoms with E-state index in [4.69, 9.17) is 0 Å². The van der Waals surface area contributed by atoms with Crippen molar-refractivity contribution in [3.63, 3.8) is 0 Å². The fourth-order valence-electron chi connectivity index (χ4n) is 2.82. The van der Waals surface area contributed by atoms with Crippen LogP contribution in [0.5, 0.6) is 0 Å². The van der Waals surface area contributed by atoms with Crippen molar-refractivity contribution in [2.45, 2.75) is 31.6 Å². The molecular weight excluding hydrogens is 282 g/mol. The molecule has 1 N–H and O–H groups in total. The van der Waals surface area contributed by atoms with Crippen molar-refractivity contribution in [3.8, 4) is 0 Å². The first kappa shape index (κ1) is 16.0. The lowest BCUT2D eigenvalue weighted by Crippen LogP contribution is -2.43. The third kappa shape index (κ3) is 2.70. The van der Waals surface area contributed by atoms with E-state index in [1.165, 1.54) is 17.2 Å². The molecule has 3 nitrogen and oxygen atoms in total. The molecular formula is C17H23NO2S. The first-order chi connectivity index (χ1) is 9.70. The average molecular weight is 305 g/mol. The fraction of sp³-hybridized carbons (Fsp3) is 0.412. The van der Waals surface area contributed by atoms with Gasteiger partial charge in [0.05, 0.1) is 10.8 Å². The smallest absolute Gasteiger partial charge is 0.154 e. The van der Waals surface area contributed by atoms with Gasteiger partial charge in [-0.2, -0.15) is 0 Å². The van der Waals surface area contributed by atoms with Crippen LogP contribution >= 0.6 is 0 Å². The van der Waals surface area contributed by atoms with E-state index in [1.54, 1.807) is 13.8 Å². The van der Waals surface area contributed by atoms with Crippen LogP contribution in [0.25, 0.3) is 10.8 Å². The molecule has 1 atom stereocenters. The maximum atomic E-state index is 12.2. The Balaban J connectivity index is 2.73. The summed E-state index contributed by atoms with van der Waals surface area (Å²) in [5.74, 6) is 0. The van der Waals surface area contributed by atoms with Crippen molar-refractivity contribution >= 4 is 20.6 Å². The van der Waals surface area contributed by atoms with Crippen molar-refractivity contribution < 1.29 is 8.42 Å². The number of hydrogen-bond donors (Lipinski definition) is 1. The van der Waals surface area contributed by atoms with Gasteiger partial charge in [-0.15, -0.1) is 0 Å². The predicted molar refractivity (Wildman–Crippen MR) is 89.4 cm³/mol. The summed E-state index contributed by atoms with van der Waals surface area (Å²) in [6.07, 6.45) is 1.30. The molecule has 0 radical (unpaired) electrons. The SMILES string of the molecule is CNC(c1ccc(C)c2ccccc12)C(C)(C)S(C)(=O)=O. The zero-order valence-corrected chi connectivity index (χ0v) is 14.1. The number of nitrogens with one attached hydrogen (secondary N) is 1.